The molecule has 0 fully saturated rings. The predicted molar refractivity (Wildman–Crippen MR) is 87.4 cm³/mol. The number of hydrogen-bond donors (Lipinski definition) is 2. The van der Waals surface area contributed by atoms with Crippen LogP contribution in [0, 0.1) is 12.8 Å². The smallest absolute Gasteiger partial charge is 0.250 e. The summed E-state index contributed by atoms with van der Waals surface area (Å²) in [5.74, 6) is -0.220. The molecule has 1 aromatic carbocycles. The summed E-state index contributed by atoms with van der Waals surface area (Å²) >= 11 is 3.39. The number of halogens is 1. The molecule has 0 unspecified atom stereocenters. The first-order chi connectivity index (χ1) is 9.95. The Hall–Kier alpha value is -1.88. The summed E-state index contributed by atoms with van der Waals surface area (Å²) in [7, 11) is 0. The third-order valence-corrected chi connectivity index (χ3v) is 3.79. The van der Waals surface area contributed by atoms with E-state index in [1.54, 1.807) is 13.0 Å². The molecule has 4 nitrogen and oxygen atoms in total. The van der Waals surface area contributed by atoms with Crippen molar-refractivity contribution in [2.75, 3.05) is 5.32 Å². The largest absolute Gasteiger partial charge is 0.327 e. The van der Waals surface area contributed by atoms with Crippen LogP contribution in [0.1, 0.15) is 18.1 Å². The first-order valence-electron chi connectivity index (χ1n) is 6.70. The lowest BCUT2D eigenvalue weighted by Gasteiger charge is -2.12. The highest BCUT2D eigenvalue weighted by atomic mass is 79.9. The van der Waals surface area contributed by atoms with E-state index in [-0.39, 0.29) is 17.4 Å². The quantitative estimate of drug-likeness (QED) is 0.890. The monoisotopic (exact) mass is 348 g/mol. The van der Waals surface area contributed by atoms with Gasteiger partial charge in [0, 0.05) is 22.2 Å². The number of benzene rings is 1. The zero-order valence-electron chi connectivity index (χ0n) is 11.9. The van der Waals surface area contributed by atoms with Crippen LogP contribution in [-0.2, 0) is 11.2 Å². The number of aromatic amines is 1. The van der Waals surface area contributed by atoms with Gasteiger partial charge in [-0.1, -0.05) is 35.0 Å². The van der Waals surface area contributed by atoms with E-state index in [0.29, 0.717) is 17.7 Å². The van der Waals surface area contributed by atoms with Gasteiger partial charge < -0.3 is 10.3 Å². The van der Waals surface area contributed by atoms with Crippen LogP contribution in [0.3, 0.4) is 0 Å². The summed E-state index contributed by atoms with van der Waals surface area (Å²) in [5.41, 5.74) is 2.16. The van der Waals surface area contributed by atoms with Crippen LogP contribution in [0.4, 0.5) is 5.69 Å². The lowest BCUT2D eigenvalue weighted by atomic mass is 10.0. The Morgan fingerprint density at radius 3 is 2.62 bits per heavy atom. The number of hydrogen-bond acceptors (Lipinski definition) is 2. The zero-order chi connectivity index (χ0) is 15.4. The van der Waals surface area contributed by atoms with Crippen LogP contribution in [0.2, 0.25) is 0 Å². The fourth-order valence-electron chi connectivity index (χ4n) is 2.00. The molecule has 0 aliphatic heterocycles. The molecule has 0 aliphatic rings. The average molecular weight is 349 g/mol. The van der Waals surface area contributed by atoms with Gasteiger partial charge in [-0.2, -0.15) is 0 Å². The molecule has 21 heavy (non-hydrogen) atoms. The molecule has 0 bridgehead atoms. The van der Waals surface area contributed by atoms with E-state index in [1.165, 1.54) is 6.20 Å². The Morgan fingerprint density at radius 1 is 1.33 bits per heavy atom. The van der Waals surface area contributed by atoms with E-state index in [0.717, 1.165) is 10.0 Å². The fraction of sp³-hybridized carbons (Fsp3) is 0.250. The Bertz CT molecular complexity index is 692. The van der Waals surface area contributed by atoms with Gasteiger partial charge in [-0.3, -0.25) is 9.59 Å². The summed E-state index contributed by atoms with van der Waals surface area (Å²) in [5, 5.41) is 2.82. The van der Waals surface area contributed by atoms with Crippen LogP contribution in [0.15, 0.2) is 45.8 Å². The van der Waals surface area contributed by atoms with Crippen LogP contribution in [0.25, 0.3) is 0 Å². The maximum atomic E-state index is 12.2. The Balaban J connectivity index is 2.00. The van der Waals surface area contributed by atoms with Gasteiger partial charge in [0.1, 0.15) is 0 Å². The van der Waals surface area contributed by atoms with Gasteiger partial charge in [0.2, 0.25) is 5.91 Å². The van der Waals surface area contributed by atoms with Crippen LogP contribution < -0.4 is 10.9 Å². The van der Waals surface area contributed by atoms with Crippen molar-refractivity contribution in [3.8, 4) is 0 Å². The number of anilines is 1. The minimum Gasteiger partial charge on any atom is -0.327 e. The maximum absolute atomic E-state index is 12.2. The van der Waals surface area contributed by atoms with E-state index in [1.807, 2.05) is 31.2 Å². The molecule has 0 saturated heterocycles. The van der Waals surface area contributed by atoms with Crippen molar-refractivity contribution in [3.05, 3.63) is 62.5 Å². The molecule has 0 radical (unpaired) electrons. The van der Waals surface area contributed by atoms with Gasteiger partial charge in [0.05, 0.1) is 5.69 Å². The second-order valence-electron chi connectivity index (χ2n) is 5.12. The van der Waals surface area contributed by atoms with Gasteiger partial charge in [0.15, 0.2) is 0 Å². The summed E-state index contributed by atoms with van der Waals surface area (Å²) in [6, 6.07) is 9.59. The van der Waals surface area contributed by atoms with Crippen molar-refractivity contribution < 1.29 is 4.79 Å². The summed E-state index contributed by atoms with van der Waals surface area (Å²) in [6.07, 6.45) is 2.18. The van der Waals surface area contributed by atoms with E-state index in [9.17, 15) is 9.59 Å². The molecule has 2 aromatic rings. The number of nitrogens with one attached hydrogen (secondary N) is 2. The number of H-pyrrole nitrogens is 1. The van der Waals surface area contributed by atoms with Crippen molar-refractivity contribution in [2.24, 2.45) is 5.92 Å². The van der Waals surface area contributed by atoms with E-state index >= 15 is 0 Å². The van der Waals surface area contributed by atoms with E-state index in [2.05, 4.69) is 26.2 Å². The second-order valence-corrected chi connectivity index (χ2v) is 6.04. The molecule has 1 amide bonds. The molecule has 2 rings (SSSR count). The van der Waals surface area contributed by atoms with E-state index < -0.39 is 0 Å². The standard InChI is InChI=1S/C16H17BrN2O2/c1-10(7-12-3-5-13(17)6-4-12)16(21)19-14-8-11(2)15(20)18-9-14/h3-6,8-10H,7H2,1-2H3,(H,18,20)(H,19,21)/t10-/m1/s1. The second kappa shape index (κ2) is 6.72. The highest BCUT2D eigenvalue weighted by Gasteiger charge is 2.14. The lowest BCUT2D eigenvalue weighted by Crippen LogP contribution is -2.23. The van der Waals surface area contributed by atoms with E-state index in [4.69, 9.17) is 0 Å². The van der Waals surface area contributed by atoms with Gasteiger partial charge >= 0.3 is 0 Å². The normalized spacial score (nSPS) is 12.0. The molecule has 1 heterocycles. The molecule has 0 spiro atoms. The number of carbonyl (C=O) groups is 1. The number of carbonyl (C=O) groups excluding carboxylic acids is 1. The van der Waals surface area contributed by atoms with Crippen molar-refractivity contribution in [1.82, 2.24) is 4.98 Å². The Morgan fingerprint density at radius 2 is 2.00 bits per heavy atom. The fourth-order valence-corrected chi connectivity index (χ4v) is 2.27. The topological polar surface area (TPSA) is 62.0 Å². The third kappa shape index (κ3) is 4.29. The minimum absolute atomic E-state index is 0.0654. The van der Waals surface area contributed by atoms with Crippen LogP contribution >= 0.6 is 15.9 Å². The summed E-state index contributed by atoms with van der Waals surface area (Å²) < 4.78 is 1.02. The zero-order valence-corrected chi connectivity index (χ0v) is 13.5. The number of amides is 1. The van der Waals surface area contributed by atoms with Gasteiger partial charge in [-0.15, -0.1) is 0 Å². The van der Waals surface area contributed by atoms with Crippen molar-refractivity contribution in [3.63, 3.8) is 0 Å². The third-order valence-electron chi connectivity index (χ3n) is 3.26. The number of aryl methyl sites for hydroxylation is 1. The minimum atomic E-state index is -0.154. The van der Waals surface area contributed by atoms with Crippen LogP contribution in [-0.4, -0.2) is 10.9 Å². The Kier molecular flexibility index (Phi) is 4.96. The van der Waals surface area contributed by atoms with Gasteiger partial charge in [0.25, 0.3) is 5.56 Å². The van der Waals surface area contributed by atoms with Crippen molar-refractivity contribution in [1.29, 1.82) is 0 Å². The van der Waals surface area contributed by atoms with Crippen molar-refractivity contribution in [2.45, 2.75) is 20.3 Å². The SMILES string of the molecule is Cc1cc(NC(=O)[C@H](C)Cc2ccc(Br)cc2)c[nH]c1=O. The van der Waals surface area contributed by atoms with Gasteiger partial charge in [-0.25, -0.2) is 0 Å². The average Bonchev–Trinajstić information content (AvgIpc) is 2.45. The molecule has 110 valence electrons. The molecule has 1 atom stereocenters. The first kappa shape index (κ1) is 15.5. The highest BCUT2D eigenvalue weighted by Crippen LogP contribution is 2.15. The molecule has 2 N–H and O–H groups in total. The number of pyridine rings is 1. The molecule has 0 saturated carbocycles. The van der Waals surface area contributed by atoms with Crippen LogP contribution in [0.5, 0.6) is 0 Å². The Labute approximate surface area is 131 Å². The highest BCUT2D eigenvalue weighted by molar-refractivity contribution is 9.10. The molecule has 5 heteroatoms. The number of rotatable bonds is 4. The molecular formula is C16H17BrN2O2. The predicted octanol–water partition coefficient (Wildman–Crippen LogP) is 3.26. The molecule has 0 aliphatic carbocycles. The number of aromatic nitrogens is 1. The maximum Gasteiger partial charge on any atom is 0.250 e. The summed E-state index contributed by atoms with van der Waals surface area (Å²) in [4.78, 5) is 26.0. The summed E-state index contributed by atoms with van der Waals surface area (Å²) in [6.45, 7) is 3.59. The molecular weight excluding hydrogens is 332 g/mol. The van der Waals surface area contributed by atoms with Gasteiger partial charge in [-0.05, 0) is 37.1 Å². The van der Waals surface area contributed by atoms with Crippen molar-refractivity contribution >= 4 is 27.5 Å². The molecule has 1 aromatic heterocycles. The first-order valence-corrected chi connectivity index (χ1v) is 7.49. The lowest BCUT2D eigenvalue weighted by molar-refractivity contribution is -0.119.